The molecule has 0 aliphatic carbocycles. The number of rotatable bonds is 6. The van der Waals surface area contributed by atoms with Gasteiger partial charge in [0.1, 0.15) is 0 Å². The lowest BCUT2D eigenvalue weighted by molar-refractivity contribution is -0.121. The molecular formula is C30H31N5O2. The van der Waals surface area contributed by atoms with E-state index in [4.69, 9.17) is 4.52 Å². The number of anilines is 1. The molecular weight excluding hydrogens is 462 g/mol. The summed E-state index contributed by atoms with van der Waals surface area (Å²) >= 11 is 0. The average molecular weight is 494 g/mol. The first kappa shape index (κ1) is 23.4. The van der Waals surface area contributed by atoms with E-state index in [2.05, 4.69) is 75.2 Å². The molecule has 3 heterocycles. The van der Waals surface area contributed by atoms with Crippen LogP contribution in [0.4, 0.5) is 5.69 Å². The number of carbonyl (C=O) groups excluding carboxylic acids is 1. The minimum Gasteiger partial charge on any atom is -0.341 e. The number of aromatic nitrogens is 3. The van der Waals surface area contributed by atoms with E-state index in [9.17, 15) is 4.79 Å². The van der Waals surface area contributed by atoms with Crippen LogP contribution in [0.3, 0.4) is 0 Å². The third-order valence-electron chi connectivity index (χ3n) is 7.45. The third kappa shape index (κ3) is 4.62. The van der Waals surface area contributed by atoms with Crippen LogP contribution >= 0.6 is 0 Å². The van der Waals surface area contributed by atoms with Crippen LogP contribution in [0.1, 0.15) is 31.2 Å². The van der Waals surface area contributed by atoms with E-state index in [-0.39, 0.29) is 11.8 Å². The molecule has 37 heavy (non-hydrogen) atoms. The number of para-hydroxylation sites is 1. The summed E-state index contributed by atoms with van der Waals surface area (Å²) in [4.78, 5) is 19.9. The molecule has 7 nitrogen and oxygen atoms in total. The number of amides is 1. The zero-order valence-electron chi connectivity index (χ0n) is 21.3. The largest absolute Gasteiger partial charge is 0.341 e. The fourth-order valence-electron chi connectivity index (χ4n) is 5.40. The van der Waals surface area contributed by atoms with Gasteiger partial charge in [-0.1, -0.05) is 53.2 Å². The third-order valence-corrected chi connectivity index (χ3v) is 7.45. The van der Waals surface area contributed by atoms with Crippen LogP contribution in [-0.2, 0) is 17.9 Å². The van der Waals surface area contributed by atoms with Crippen LogP contribution in [0.2, 0.25) is 0 Å². The van der Waals surface area contributed by atoms with Crippen molar-refractivity contribution < 1.29 is 9.32 Å². The smallest absolute Gasteiger partial charge is 0.241 e. The molecule has 2 aromatic heterocycles. The quantitative estimate of drug-likeness (QED) is 0.313. The van der Waals surface area contributed by atoms with Crippen molar-refractivity contribution in [1.82, 2.24) is 19.6 Å². The van der Waals surface area contributed by atoms with Crippen molar-refractivity contribution in [3.8, 4) is 11.4 Å². The highest BCUT2D eigenvalue weighted by molar-refractivity contribution is 6.09. The molecule has 1 aliphatic heterocycles. The van der Waals surface area contributed by atoms with Crippen LogP contribution in [0.25, 0.3) is 33.2 Å². The average Bonchev–Trinajstić information content (AvgIpc) is 3.51. The summed E-state index contributed by atoms with van der Waals surface area (Å²) in [6.45, 7) is 7.37. The van der Waals surface area contributed by atoms with Gasteiger partial charge >= 0.3 is 0 Å². The Labute approximate surface area is 216 Å². The molecule has 1 aliphatic rings. The van der Waals surface area contributed by atoms with Gasteiger partial charge in [0.15, 0.2) is 0 Å². The first-order chi connectivity index (χ1) is 18.1. The van der Waals surface area contributed by atoms with Crippen LogP contribution in [0.5, 0.6) is 0 Å². The number of benzene rings is 3. The maximum atomic E-state index is 13.1. The van der Waals surface area contributed by atoms with Crippen LogP contribution < -0.4 is 5.32 Å². The molecule has 3 aromatic carbocycles. The number of aryl methyl sites for hydroxylation is 2. The lowest BCUT2D eigenvalue weighted by atomic mass is 9.95. The Morgan fingerprint density at radius 3 is 2.54 bits per heavy atom. The van der Waals surface area contributed by atoms with E-state index < -0.39 is 0 Å². The summed E-state index contributed by atoms with van der Waals surface area (Å²) in [7, 11) is 0. The zero-order valence-corrected chi connectivity index (χ0v) is 21.3. The highest BCUT2D eigenvalue weighted by Gasteiger charge is 2.26. The first-order valence-corrected chi connectivity index (χ1v) is 13.0. The standard InChI is InChI=1S/C30H31N5O2/c1-3-35-26-7-5-4-6-24(26)25-18-23(12-13-27(25)35)31-30(36)22-14-16-34(17-15-22)19-28-32-29(33-37-28)21-10-8-20(2)9-11-21/h4-13,18,22H,3,14-17,19H2,1-2H3,(H,31,36). The minimum atomic E-state index is -0.00487. The van der Waals surface area contributed by atoms with Crippen molar-refractivity contribution in [2.75, 3.05) is 18.4 Å². The molecule has 188 valence electrons. The van der Waals surface area contributed by atoms with Gasteiger partial charge < -0.3 is 14.4 Å². The van der Waals surface area contributed by atoms with Gasteiger partial charge in [-0.2, -0.15) is 4.98 Å². The van der Waals surface area contributed by atoms with Gasteiger partial charge in [-0.15, -0.1) is 0 Å². The Bertz CT molecular complexity index is 1560. The molecule has 1 N–H and O–H groups in total. The van der Waals surface area contributed by atoms with Crippen molar-refractivity contribution in [2.24, 2.45) is 5.92 Å². The number of carbonyl (C=O) groups is 1. The number of piperidine rings is 1. The molecule has 5 aromatic rings. The monoisotopic (exact) mass is 493 g/mol. The normalized spacial score (nSPS) is 15.0. The van der Waals surface area contributed by atoms with Crippen molar-refractivity contribution >= 4 is 33.4 Å². The fraction of sp³-hybridized carbons (Fsp3) is 0.300. The maximum Gasteiger partial charge on any atom is 0.241 e. The van der Waals surface area contributed by atoms with Crippen LogP contribution in [0, 0.1) is 12.8 Å². The molecule has 0 spiro atoms. The molecule has 7 heteroatoms. The molecule has 0 unspecified atom stereocenters. The van der Waals surface area contributed by atoms with Crippen molar-refractivity contribution in [1.29, 1.82) is 0 Å². The highest BCUT2D eigenvalue weighted by atomic mass is 16.5. The maximum absolute atomic E-state index is 13.1. The van der Waals surface area contributed by atoms with Crippen molar-refractivity contribution in [3.05, 3.63) is 78.2 Å². The van der Waals surface area contributed by atoms with E-state index in [1.165, 1.54) is 27.4 Å². The predicted octanol–water partition coefficient (Wildman–Crippen LogP) is 6.02. The number of nitrogens with one attached hydrogen (secondary N) is 1. The second-order valence-electron chi connectivity index (χ2n) is 9.91. The Hall–Kier alpha value is -3.97. The Morgan fingerprint density at radius 1 is 1.00 bits per heavy atom. The van der Waals surface area contributed by atoms with E-state index >= 15 is 0 Å². The van der Waals surface area contributed by atoms with Gasteiger partial charge in [-0.25, -0.2) is 0 Å². The summed E-state index contributed by atoms with van der Waals surface area (Å²) in [6.07, 6.45) is 1.62. The summed E-state index contributed by atoms with van der Waals surface area (Å²) < 4.78 is 7.82. The summed E-state index contributed by atoms with van der Waals surface area (Å²) in [5.74, 6) is 1.31. The molecule has 0 saturated carbocycles. The molecule has 6 rings (SSSR count). The Morgan fingerprint density at radius 2 is 1.76 bits per heavy atom. The number of fused-ring (bicyclic) bond motifs is 3. The molecule has 0 radical (unpaired) electrons. The number of nitrogens with zero attached hydrogens (tertiary/aromatic N) is 4. The molecule has 1 fully saturated rings. The summed E-state index contributed by atoms with van der Waals surface area (Å²) in [6, 6.07) is 22.8. The molecule has 1 saturated heterocycles. The molecule has 0 atom stereocenters. The second-order valence-corrected chi connectivity index (χ2v) is 9.91. The lowest BCUT2D eigenvalue weighted by Gasteiger charge is -2.30. The van der Waals surface area contributed by atoms with Gasteiger partial charge in [0.2, 0.25) is 17.6 Å². The lowest BCUT2D eigenvalue weighted by Crippen LogP contribution is -2.37. The number of hydrogen-bond acceptors (Lipinski definition) is 5. The number of hydrogen-bond donors (Lipinski definition) is 1. The van der Waals surface area contributed by atoms with E-state index in [1.54, 1.807) is 0 Å². The fourth-order valence-corrected chi connectivity index (χ4v) is 5.40. The summed E-state index contributed by atoms with van der Waals surface area (Å²) in [5.41, 5.74) is 5.43. The van der Waals surface area contributed by atoms with Crippen molar-refractivity contribution in [2.45, 2.75) is 39.8 Å². The van der Waals surface area contributed by atoms with Gasteiger partial charge in [-0.05, 0) is 64.0 Å². The van der Waals surface area contributed by atoms with Gasteiger partial charge in [0, 0.05) is 45.5 Å². The highest BCUT2D eigenvalue weighted by Crippen LogP contribution is 2.31. The topological polar surface area (TPSA) is 76.2 Å². The van der Waals surface area contributed by atoms with E-state index in [0.29, 0.717) is 18.3 Å². The van der Waals surface area contributed by atoms with Crippen LogP contribution in [0.15, 0.2) is 71.3 Å². The number of likely N-dealkylation sites (tertiary alicyclic amines) is 1. The zero-order chi connectivity index (χ0) is 25.4. The SMILES string of the molecule is CCn1c2ccccc2c2cc(NC(=O)C3CCN(Cc4nc(-c5ccc(C)cc5)no4)CC3)ccc21. The molecule has 0 bridgehead atoms. The van der Waals surface area contributed by atoms with Gasteiger partial charge in [0.25, 0.3) is 0 Å². The van der Waals surface area contributed by atoms with E-state index in [0.717, 1.165) is 43.7 Å². The van der Waals surface area contributed by atoms with E-state index in [1.807, 2.05) is 30.3 Å². The predicted molar refractivity (Wildman–Crippen MR) is 146 cm³/mol. The Kier molecular flexibility index (Phi) is 6.22. The first-order valence-electron chi connectivity index (χ1n) is 13.0. The minimum absolute atomic E-state index is 0.00487. The Balaban J connectivity index is 1.08. The van der Waals surface area contributed by atoms with Crippen molar-refractivity contribution in [3.63, 3.8) is 0 Å². The van der Waals surface area contributed by atoms with Gasteiger partial charge in [0.05, 0.1) is 6.54 Å². The molecule has 1 amide bonds. The second kappa shape index (κ2) is 9.82. The summed E-state index contributed by atoms with van der Waals surface area (Å²) in [5, 5.41) is 9.71. The van der Waals surface area contributed by atoms with Crippen LogP contribution in [-0.4, -0.2) is 38.6 Å². The van der Waals surface area contributed by atoms with Gasteiger partial charge in [-0.3, -0.25) is 9.69 Å².